The Hall–Kier alpha value is -3.16. The van der Waals surface area contributed by atoms with Crippen molar-refractivity contribution in [1.29, 1.82) is 5.26 Å². The number of aromatic nitrogens is 1. The largest absolute Gasteiger partial charge is 0.375 e. The van der Waals surface area contributed by atoms with Gasteiger partial charge in [-0.05, 0) is 51.1 Å². The van der Waals surface area contributed by atoms with Crippen molar-refractivity contribution >= 4 is 28.3 Å². The van der Waals surface area contributed by atoms with Crippen LogP contribution in [0, 0.1) is 23.2 Å². The van der Waals surface area contributed by atoms with Crippen molar-refractivity contribution in [2.75, 3.05) is 57.8 Å². The van der Waals surface area contributed by atoms with E-state index in [1.54, 1.807) is 6.07 Å². The van der Waals surface area contributed by atoms with Crippen LogP contribution in [-0.4, -0.2) is 91.3 Å². The van der Waals surface area contributed by atoms with Crippen LogP contribution in [0.4, 0.5) is 14.5 Å². The maximum atomic E-state index is 13.7. The molecule has 0 bridgehead atoms. The van der Waals surface area contributed by atoms with E-state index in [-0.39, 0.29) is 0 Å². The predicted molar refractivity (Wildman–Crippen MR) is 147 cm³/mol. The fourth-order valence-electron chi connectivity index (χ4n) is 5.61. The number of pyridine rings is 1. The molecule has 2 aromatic rings. The van der Waals surface area contributed by atoms with Crippen molar-refractivity contribution in [3.05, 3.63) is 36.0 Å². The molecule has 210 valence electrons. The second-order valence-corrected chi connectivity index (χ2v) is 11.1. The average molecular weight is 541 g/mol. The number of ketones is 1. The summed E-state index contributed by atoms with van der Waals surface area (Å²) in [6, 6.07) is 9.76. The Morgan fingerprint density at radius 1 is 1.21 bits per heavy atom. The number of carbonyl (C=O) groups is 2. The van der Waals surface area contributed by atoms with Crippen LogP contribution in [0.3, 0.4) is 0 Å². The molecule has 2 heterocycles. The third kappa shape index (κ3) is 7.08. The molecule has 2 aliphatic rings. The van der Waals surface area contributed by atoms with E-state index >= 15 is 0 Å². The van der Waals surface area contributed by atoms with Crippen LogP contribution in [0.5, 0.6) is 0 Å². The molecule has 2 fully saturated rings. The monoisotopic (exact) mass is 540 g/mol. The number of alkyl halides is 2. The normalized spacial score (nSPS) is 21.7. The fourth-order valence-corrected chi connectivity index (χ4v) is 5.61. The number of anilines is 1. The van der Waals surface area contributed by atoms with Gasteiger partial charge in [0.25, 0.3) is 5.91 Å². The lowest BCUT2D eigenvalue weighted by Crippen LogP contribution is -2.49. The van der Waals surface area contributed by atoms with E-state index in [9.17, 15) is 23.6 Å². The zero-order valence-electron chi connectivity index (χ0n) is 23.0. The van der Waals surface area contributed by atoms with E-state index in [4.69, 9.17) is 0 Å². The summed E-state index contributed by atoms with van der Waals surface area (Å²) in [6.45, 7) is 10.4. The molecule has 4 rings (SSSR count). The Balaban J connectivity index is 1.35. The summed E-state index contributed by atoms with van der Waals surface area (Å²) in [6.07, 6.45) is 1.28. The minimum absolute atomic E-state index is 0.361. The summed E-state index contributed by atoms with van der Waals surface area (Å²) in [7, 11) is 2.02. The van der Waals surface area contributed by atoms with Gasteiger partial charge in [-0.15, -0.1) is 0 Å². The summed E-state index contributed by atoms with van der Waals surface area (Å²) < 4.78 is 27.5. The smallest absolute Gasteiger partial charge is 0.252 e. The van der Waals surface area contributed by atoms with Crippen LogP contribution in [0.1, 0.15) is 43.5 Å². The number of hydrogen-bond donors (Lipinski definition) is 1. The number of hydrogen-bond acceptors (Lipinski definition) is 7. The lowest BCUT2D eigenvalue weighted by molar-refractivity contribution is -0.123. The molecule has 1 unspecified atom stereocenters. The Morgan fingerprint density at radius 2 is 1.95 bits per heavy atom. The summed E-state index contributed by atoms with van der Waals surface area (Å²) in [4.78, 5) is 37.1. The quantitative estimate of drug-likeness (QED) is 0.493. The Bertz CT molecular complexity index is 1220. The fraction of sp³-hybridized carbons (Fsp3) is 0.586. The summed E-state index contributed by atoms with van der Waals surface area (Å²) in [5, 5.41) is 12.4. The molecule has 1 saturated heterocycles. The Labute approximate surface area is 228 Å². The molecule has 10 heteroatoms. The molecule has 0 radical (unpaired) electrons. The van der Waals surface area contributed by atoms with Crippen LogP contribution in [-0.2, 0) is 4.79 Å². The highest BCUT2D eigenvalue weighted by molar-refractivity contribution is 6.07. The van der Waals surface area contributed by atoms with E-state index < -0.39 is 48.8 Å². The van der Waals surface area contributed by atoms with Crippen molar-refractivity contribution < 1.29 is 18.4 Å². The molecule has 8 nitrogen and oxygen atoms in total. The highest BCUT2D eigenvalue weighted by atomic mass is 19.3. The van der Waals surface area contributed by atoms with Gasteiger partial charge in [-0.25, -0.2) is 8.78 Å². The van der Waals surface area contributed by atoms with Crippen LogP contribution in [0.25, 0.3) is 10.9 Å². The van der Waals surface area contributed by atoms with Gasteiger partial charge >= 0.3 is 0 Å². The van der Waals surface area contributed by atoms with E-state index in [0.717, 1.165) is 51.4 Å². The van der Waals surface area contributed by atoms with Gasteiger partial charge in [0.1, 0.15) is 0 Å². The van der Waals surface area contributed by atoms with Gasteiger partial charge in [0.05, 0.1) is 29.6 Å². The molecule has 39 heavy (non-hydrogen) atoms. The predicted octanol–water partition coefficient (Wildman–Crippen LogP) is 3.57. The Kier molecular flexibility index (Phi) is 9.13. The highest BCUT2D eigenvalue weighted by Gasteiger charge is 2.49. The molecular weight excluding hydrogens is 502 g/mol. The summed E-state index contributed by atoms with van der Waals surface area (Å²) >= 11 is 0. The number of nitrogens with zero attached hydrogens (tertiary/aromatic N) is 5. The van der Waals surface area contributed by atoms with E-state index in [2.05, 4.69) is 38.8 Å². The molecular formula is C29H38F2N6O2. The van der Waals surface area contributed by atoms with Crippen LogP contribution < -0.4 is 10.2 Å². The number of fused-ring (bicyclic) bond motifs is 1. The van der Waals surface area contributed by atoms with Gasteiger partial charge in [0.15, 0.2) is 5.78 Å². The maximum Gasteiger partial charge on any atom is 0.252 e. The number of halogens is 2. The number of amides is 1. The molecule has 1 aliphatic heterocycles. The first-order valence-electron chi connectivity index (χ1n) is 13.7. The molecule has 1 saturated carbocycles. The van der Waals surface area contributed by atoms with Crippen LogP contribution in [0.15, 0.2) is 30.5 Å². The van der Waals surface area contributed by atoms with E-state index in [1.165, 1.54) is 6.20 Å². The average Bonchev–Trinajstić information content (AvgIpc) is 3.25. The number of carbonyl (C=O) groups excluding carboxylic acids is 2. The number of piperazine rings is 1. The van der Waals surface area contributed by atoms with Crippen molar-refractivity contribution in [2.24, 2.45) is 11.8 Å². The topological polar surface area (TPSA) is 92.6 Å². The van der Waals surface area contributed by atoms with Crippen LogP contribution in [0.2, 0.25) is 0 Å². The molecule has 1 amide bonds. The molecule has 0 spiro atoms. The zero-order chi connectivity index (χ0) is 28.2. The van der Waals surface area contributed by atoms with Gasteiger partial charge in [0, 0.05) is 81.8 Å². The Morgan fingerprint density at radius 3 is 2.64 bits per heavy atom. The van der Waals surface area contributed by atoms with Gasteiger partial charge in [-0.1, -0.05) is 0 Å². The molecule has 1 N–H and O–H groups in total. The first kappa shape index (κ1) is 28.8. The van der Waals surface area contributed by atoms with E-state index in [0.29, 0.717) is 22.5 Å². The van der Waals surface area contributed by atoms with Crippen molar-refractivity contribution in [1.82, 2.24) is 20.1 Å². The van der Waals surface area contributed by atoms with Gasteiger partial charge < -0.3 is 15.1 Å². The number of rotatable bonds is 10. The number of benzene rings is 1. The second kappa shape index (κ2) is 12.3. The molecule has 2 atom stereocenters. The van der Waals surface area contributed by atoms with Crippen molar-refractivity contribution in [3.8, 4) is 6.07 Å². The highest BCUT2D eigenvalue weighted by Crippen LogP contribution is 2.43. The first-order valence-corrected chi connectivity index (χ1v) is 13.7. The third-order valence-electron chi connectivity index (χ3n) is 8.04. The number of nitrogens with one attached hydrogen (secondary N) is 1. The van der Waals surface area contributed by atoms with Gasteiger partial charge in [-0.2, -0.15) is 5.26 Å². The van der Waals surface area contributed by atoms with Gasteiger partial charge in [-0.3, -0.25) is 19.5 Å². The SMILES string of the molecule is CC(C)N1CCN(CCCN(C)c2ccc3nccc(C(=O)NCC(=O)C4CC(F)(F)C[C@H]4C#N)c3c2)CC1. The standard InChI is InChI=1S/C29H38F2N6O2/c1-20(2)37-13-11-36(12-14-37)10-4-9-35(3)22-5-6-26-24(15-22)23(7-8-33-26)28(39)34-19-27(38)25-17-29(30,31)16-21(25)18-32/h5-8,15,20-21,25H,4,9-14,16-17,19H2,1-3H3,(H,34,39)/t21-,25?/m0/s1. The van der Waals surface area contributed by atoms with Crippen molar-refractivity contribution in [2.45, 2.75) is 45.1 Å². The molecule has 1 aliphatic carbocycles. The van der Waals surface area contributed by atoms with E-state index in [1.807, 2.05) is 31.3 Å². The summed E-state index contributed by atoms with van der Waals surface area (Å²) in [5.74, 6) is -6.16. The minimum atomic E-state index is -3.03. The van der Waals surface area contributed by atoms with Gasteiger partial charge in [0.2, 0.25) is 5.92 Å². The number of nitriles is 1. The maximum absolute atomic E-state index is 13.7. The van der Waals surface area contributed by atoms with Crippen molar-refractivity contribution in [3.63, 3.8) is 0 Å². The first-order chi connectivity index (χ1) is 18.6. The summed E-state index contributed by atoms with van der Waals surface area (Å²) in [5.41, 5.74) is 1.96. The van der Waals surface area contributed by atoms with Crippen LogP contribution >= 0.6 is 0 Å². The molecule has 1 aromatic heterocycles. The molecule has 1 aromatic carbocycles. The zero-order valence-corrected chi connectivity index (χ0v) is 23.0. The second-order valence-electron chi connectivity index (χ2n) is 11.1. The minimum Gasteiger partial charge on any atom is -0.375 e. The lowest BCUT2D eigenvalue weighted by Gasteiger charge is -2.37. The number of Topliss-reactive ketones (excluding diaryl/α,β-unsaturated/α-hetero) is 1. The third-order valence-corrected chi connectivity index (χ3v) is 8.04. The lowest BCUT2D eigenvalue weighted by atomic mass is 9.93.